The molecule has 0 spiro atoms. The van der Waals surface area contributed by atoms with E-state index in [0.717, 1.165) is 0 Å². The highest BCUT2D eigenvalue weighted by atomic mass is 79.9. The molecule has 146 valence electrons. The molecule has 4 nitrogen and oxygen atoms in total. The largest absolute Gasteiger partial charge is 0.459 e. The summed E-state index contributed by atoms with van der Waals surface area (Å²) in [7, 11) is 0. The van der Waals surface area contributed by atoms with E-state index in [1.54, 1.807) is 12.1 Å². The fourth-order valence-corrected chi connectivity index (χ4v) is 3.35. The van der Waals surface area contributed by atoms with Gasteiger partial charge in [0.1, 0.15) is 12.2 Å². The Morgan fingerprint density at radius 1 is 0.808 bits per heavy atom. The van der Waals surface area contributed by atoms with Crippen molar-refractivity contribution in [1.29, 1.82) is 0 Å². The van der Waals surface area contributed by atoms with Gasteiger partial charge in [-0.05, 0) is 68.7 Å². The summed E-state index contributed by atoms with van der Waals surface area (Å²) in [6.45, 7) is 12.0. The number of rotatable bonds is 8. The van der Waals surface area contributed by atoms with Crippen molar-refractivity contribution >= 4 is 43.8 Å². The van der Waals surface area contributed by atoms with E-state index >= 15 is 0 Å². The molecule has 0 aliphatic rings. The normalized spacial score (nSPS) is 13.6. The van der Waals surface area contributed by atoms with Crippen LogP contribution in [0.5, 0.6) is 0 Å². The molecule has 0 bridgehead atoms. The lowest BCUT2D eigenvalue weighted by Gasteiger charge is -2.22. The maximum Gasteiger partial charge on any atom is 0.339 e. The molecule has 1 aromatic rings. The van der Waals surface area contributed by atoms with Crippen LogP contribution in [0.2, 0.25) is 0 Å². The standard InChI is InChI=1S/C20H28Br2O4/c1-7-17(11(3)4)25-19(23)13-9-15(21)16(22)10-14(13)20(24)26-18(8-2)12(5)6/h9-12,17-18H,7-8H2,1-6H3. The lowest BCUT2D eigenvalue weighted by molar-refractivity contribution is 0.0127. The summed E-state index contributed by atoms with van der Waals surface area (Å²) in [5.41, 5.74) is 0.422. The van der Waals surface area contributed by atoms with E-state index in [4.69, 9.17) is 9.47 Å². The second-order valence-electron chi connectivity index (χ2n) is 7.00. The quantitative estimate of drug-likeness (QED) is 0.395. The second-order valence-corrected chi connectivity index (χ2v) is 8.71. The topological polar surface area (TPSA) is 52.6 Å². The van der Waals surface area contributed by atoms with Crippen molar-refractivity contribution in [3.8, 4) is 0 Å². The first kappa shape index (κ1) is 23.2. The number of hydrogen-bond acceptors (Lipinski definition) is 4. The van der Waals surface area contributed by atoms with E-state index in [0.29, 0.717) is 21.8 Å². The Labute approximate surface area is 173 Å². The van der Waals surface area contributed by atoms with E-state index in [1.165, 1.54) is 0 Å². The number of hydrogen-bond donors (Lipinski definition) is 0. The van der Waals surface area contributed by atoms with Crippen molar-refractivity contribution < 1.29 is 19.1 Å². The van der Waals surface area contributed by atoms with E-state index in [9.17, 15) is 9.59 Å². The molecule has 26 heavy (non-hydrogen) atoms. The van der Waals surface area contributed by atoms with E-state index in [-0.39, 0.29) is 35.2 Å². The van der Waals surface area contributed by atoms with Crippen LogP contribution in [0.3, 0.4) is 0 Å². The highest BCUT2D eigenvalue weighted by Crippen LogP contribution is 2.29. The van der Waals surface area contributed by atoms with Crippen molar-refractivity contribution in [3.63, 3.8) is 0 Å². The summed E-state index contributed by atoms with van der Waals surface area (Å²) in [5, 5.41) is 0. The van der Waals surface area contributed by atoms with Gasteiger partial charge in [0.05, 0.1) is 11.1 Å². The van der Waals surface area contributed by atoms with Crippen molar-refractivity contribution in [2.75, 3.05) is 0 Å². The van der Waals surface area contributed by atoms with Gasteiger partial charge >= 0.3 is 11.9 Å². The highest BCUT2D eigenvalue weighted by Gasteiger charge is 2.26. The number of halogens is 2. The van der Waals surface area contributed by atoms with Crippen molar-refractivity contribution in [3.05, 3.63) is 32.2 Å². The van der Waals surface area contributed by atoms with Crippen molar-refractivity contribution in [2.24, 2.45) is 11.8 Å². The maximum atomic E-state index is 12.7. The molecular weight excluding hydrogens is 464 g/mol. The van der Waals surface area contributed by atoms with E-state index < -0.39 is 11.9 Å². The molecule has 0 aromatic heterocycles. The van der Waals surface area contributed by atoms with Gasteiger partial charge in [0.25, 0.3) is 0 Å². The minimum Gasteiger partial charge on any atom is -0.459 e. The van der Waals surface area contributed by atoms with Crippen LogP contribution in [-0.2, 0) is 9.47 Å². The summed E-state index contributed by atoms with van der Waals surface area (Å²) in [5.74, 6) is -0.626. The second kappa shape index (κ2) is 10.5. The summed E-state index contributed by atoms with van der Waals surface area (Å²) in [6.07, 6.45) is 1.03. The van der Waals surface area contributed by atoms with Crippen LogP contribution in [0, 0.1) is 11.8 Å². The van der Waals surface area contributed by atoms with Gasteiger partial charge < -0.3 is 9.47 Å². The molecule has 0 radical (unpaired) electrons. The minimum atomic E-state index is -0.511. The zero-order valence-electron chi connectivity index (χ0n) is 16.3. The highest BCUT2D eigenvalue weighted by molar-refractivity contribution is 9.13. The molecular formula is C20H28Br2O4. The fraction of sp³-hybridized carbons (Fsp3) is 0.600. The molecule has 0 amide bonds. The SMILES string of the molecule is CCC(OC(=O)c1cc(Br)c(Br)cc1C(=O)OC(CC)C(C)C)C(C)C. The molecule has 1 rings (SSSR count). The molecule has 6 heteroatoms. The first-order chi connectivity index (χ1) is 12.1. The minimum absolute atomic E-state index is 0.198. The van der Waals surface area contributed by atoms with Crippen LogP contribution in [0.25, 0.3) is 0 Å². The molecule has 0 aliphatic carbocycles. The van der Waals surface area contributed by atoms with Crippen LogP contribution in [0.1, 0.15) is 75.1 Å². The summed E-state index contributed by atoms with van der Waals surface area (Å²) < 4.78 is 12.6. The van der Waals surface area contributed by atoms with Gasteiger partial charge in [0.15, 0.2) is 0 Å². The lowest BCUT2D eigenvalue weighted by Crippen LogP contribution is -2.26. The first-order valence-corrected chi connectivity index (χ1v) is 10.6. The molecule has 0 fully saturated rings. The smallest absolute Gasteiger partial charge is 0.339 e. The van der Waals surface area contributed by atoms with Gasteiger partial charge in [-0.2, -0.15) is 0 Å². The van der Waals surface area contributed by atoms with Crippen LogP contribution in [0.4, 0.5) is 0 Å². The average molecular weight is 492 g/mol. The van der Waals surface area contributed by atoms with Gasteiger partial charge in [-0.15, -0.1) is 0 Å². The van der Waals surface area contributed by atoms with Crippen molar-refractivity contribution in [1.82, 2.24) is 0 Å². The van der Waals surface area contributed by atoms with E-state index in [1.807, 2.05) is 41.5 Å². The third kappa shape index (κ3) is 6.08. The third-order valence-corrected chi connectivity index (χ3v) is 6.15. The monoisotopic (exact) mass is 490 g/mol. The Morgan fingerprint density at radius 3 is 1.35 bits per heavy atom. The number of carbonyl (C=O) groups excluding carboxylic acids is 2. The number of benzene rings is 1. The molecule has 2 unspecified atom stereocenters. The zero-order chi connectivity index (χ0) is 20.0. The molecule has 2 atom stereocenters. The maximum absolute atomic E-state index is 12.7. The Morgan fingerprint density at radius 2 is 1.12 bits per heavy atom. The average Bonchev–Trinajstić information content (AvgIpc) is 2.58. The van der Waals surface area contributed by atoms with Crippen LogP contribution < -0.4 is 0 Å². The number of ether oxygens (including phenoxy) is 2. The molecule has 0 saturated carbocycles. The third-order valence-electron chi connectivity index (χ3n) is 4.31. The first-order valence-electron chi connectivity index (χ1n) is 9.03. The Hall–Kier alpha value is -0.880. The van der Waals surface area contributed by atoms with Gasteiger partial charge in [-0.25, -0.2) is 9.59 Å². The molecule has 0 heterocycles. The van der Waals surface area contributed by atoms with Gasteiger partial charge in [-0.3, -0.25) is 0 Å². The Kier molecular flexibility index (Phi) is 9.31. The molecule has 1 aromatic carbocycles. The number of carbonyl (C=O) groups is 2. The van der Waals surface area contributed by atoms with Gasteiger partial charge in [0, 0.05) is 8.95 Å². The molecule has 0 aliphatic heterocycles. The summed E-state index contributed by atoms with van der Waals surface area (Å²) >= 11 is 6.78. The van der Waals surface area contributed by atoms with Crippen LogP contribution >= 0.6 is 31.9 Å². The van der Waals surface area contributed by atoms with Gasteiger partial charge in [0.2, 0.25) is 0 Å². The van der Waals surface area contributed by atoms with Gasteiger partial charge in [-0.1, -0.05) is 41.5 Å². The molecule has 0 saturated heterocycles. The Bertz CT molecular complexity index is 586. The summed E-state index contributed by atoms with van der Waals surface area (Å²) in [6, 6.07) is 3.21. The van der Waals surface area contributed by atoms with E-state index in [2.05, 4.69) is 31.9 Å². The molecule has 0 N–H and O–H groups in total. The zero-order valence-corrected chi connectivity index (χ0v) is 19.4. The predicted octanol–water partition coefficient (Wildman–Crippen LogP) is 6.39. The lowest BCUT2D eigenvalue weighted by atomic mass is 10.0. The van der Waals surface area contributed by atoms with Crippen LogP contribution in [-0.4, -0.2) is 24.1 Å². The van der Waals surface area contributed by atoms with Crippen molar-refractivity contribution in [2.45, 2.75) is 66.6 Å². The fourth-order valence-electron chi connectivity index (χ4n) is 2.67. The number of esters is 2. The predicted molar refractivity (Wildman–Crippen MR) is 111 cm³/mol. The van der Waals surface area contributed by atoms with Crippen LogP contribution in [0.15, 0.2) is 21.1 Å². The Balaban J connectivity index is 3.21. The summed E-state index contributed by atoms with van der Waals surface area (Å²) in [4.78, 5) is 25.5.